The van der Waals surface area contributed by atoms with Gasteiger partial charge in [0.05, 0.1) is 0 Å². The number of fused-ring (bicyclic) bond motifs is 6. The minimum Gasteiger partial charge on any atom is -0.456 e. The first-order chi connectivity index (χ1) is 31.2. The smallest absolute Gasteiger partial charge is 0.227 e. The zero-order valence-corrected chi connectivity index (χ0v) is 34.9. The summed E-state index contributed by atoms with van der Waals surface area (Å²) in [5, 5.41) is 8.99. The van der Waals surface area contributed by atoms with Crippen molar-refractivity contribution in [3.05, 3.63) is 218 Å². The predicted molar refractivity (Wildman–Crippen MR) is 258 cm³/mol. The molecule has 0 radical (unpaired) electrons. The molecule has 0 aliphatic rings. The first-order valence-electron chi connectivity index (χ1n) is 21.0. The molecule has 3 heterocycles. The number of hydrogen-bond acceptors (Lipinski definition) is 6. The van der Waals surface area contributed by atoms with Gasteiger partial charge in [-0.05, 0) is 74.7 Å². The number of hydrogen-bond donors (Lipinski definition) is 0. The molecule has 3 aromatic heterocycles. The van der Waals surface area contributed by atoms with Crippen LogP contribution in [0.25, 0.3) is 89.4 Å². The van der Waals surface area contributed by atoms with Crippen molar-refractivity contribution < 1.29 is 8.83 Å². The normalized spacial score (nSPS) is 11.8. The van der Waals surface area contributed by atoms with Crippen LogP contribution in [0.1, 0.15) is 0 Å². The Bertz CT molecular complexity index is 3530. The second-order valence-corrected chi connectivity index (χ2v) is 19.5. The molecule has 63 heavy (non-hydrogen) atoms. The lowest BCUT2D eigenvalue weighted by Gasteiger charge is -2.35. The SMILES string of the molecule is c1ccc(-c2nc3ccc4ccc(-c5nc(-c6ccc7oc8ccccc8c7c6)nc(-c6ccccc6[Si](c6ccccc6)(c6ccccc6)c6ccccc6)n5)cc4c3o2)cc1. The van der Waals surface area contributed by atoms with Crippen molar-refractivity contribution in [2.45, 2.75) is 0 Å². The number of nitrogens with zero attached hydrogens (tertiary/aromatic N) is 4. The van der Waals surface area contributed by atoms with Crippen molar-refractivity contribution in [1.29, 1.82) is 0 Å². The summed E-state index contributed by atoms with van der Waals surface area (Å²) in [4.78, 5) is 21.0. The molecule has 0 bridgehead atoms. The lowest BCUT2D eigenvalue weighted by atomic mass is 10.0. The molecule has 296 valence electrons. The largest absolute Gasteiger partial charge is 0.456 e. The van der Waals surface area contributed by atoms with Crippen LogP contribution in [-0.2, 0) is 0 Å². The zero-order valence-electron chi connectivity index (χ0n) is 33.9. The molecule has 0 saturated carbocycles. The molecule has 7 heteroatoms. The number of aromatic nitrogens is 4. The van der Waals surface area contributed by atoms with E-state index in [9.17, 15) is 0 Å². The van der Waals surface area contributed by atoms with Crippen LogP contribution < -0.4 is 20.7 Å². The fourth-order valence-electron chi connectivity index (χ4n) is 9.20. The number of oxazole rings is 1. The van der Waals surface area contributed by atoms with E-state index in [0.29, 0.717) is 23.4 Å². The molecule has 9 aromatic carbocycles. The van der Waals surface area contributed by atoms with Gasteiger partial charge in [-0.1, -0.05) is 170 Å². The van der Waals surface area contributed by atoms with Crippen molar-refractivity contribution in [2.75, 3.05) is 0 Å². The highest BCUT2D eigenvalue weighted by molar-refractivity contribution is 7.20. The van der Waals surface area contributed by atoms with Crippen LogP contribution in [0.5, 0.6) is 0 Å². The van der Waals surface area contributed by atoms with Crippen LogP contribution in [0.4, 0.5) is 0 Å². The number of furan rings is 1. The Balaban J connectivity index is 1.12. The molecule has 0 aliphatic carbocycles. The molecule has 0 atom stereocenters. The Morgan fingerprint density at radius 1 is 0.349 bits per heavy atom. The molecule has 0 fully saturated rings. The van der Waals surface area contributed by atoms with Crippen molar-refractivity contribution in [2.24, 2.45) is 0 Å². The van der Waals surface area contributed by atoms with E-state index in [-0.39, 0.29) is 0 Å². The summed E-state index contributed by atoms with van der Waals surface area (Å²) in [5.74, 6) is 2.28. The fourth-order valence-corrected chi connectivity index (χ4v) is 14.2. The molecule has 0 saturated heterocycles. The van der Waals surface area contributed by atoms with E-state index >= 15 is 0 Å². The Kier molecular flexibility index (Phi) is 8.72. The van der Waals surface area contributed by atoms with Crippen molar-refractivity contribution in [1.82, 2.24) is 19.9 Å². The van der Waals surface area contributed by atoms with Gasteiger partial charge in [0.15, 0.2) is 31.1 Å². The van der Waals surface area contributed by atoms with E-state index in [0.717, 1.165) is 66.1 Å². The van der Waals surface area contributed by atoms with Gasteiger partial charge in [-0.25, -0.2) is 19.9 Å². The first-order valence-corrected chi connectivity index (χ1v) is 23.0. The Hall–Kier alpha value is -8.26. The third kappa shape index (κ3) is 6.17. The Morgan fingerprint density at radius 2 is 0.873 bits per heavy atom. The van der Waals surface area contributed by atoms with Crippen LogP contribution in [0.2, 0.25) is 0 Å². The maximum atomic E-state index is 6.52. The lowest BCUT2D eigenvalue weighted by Crippen LogP contribution is -2.75. The van der Waals surface area contributed by atoms with Gasteiger partial charge in [0, 0.05) is 38.4 Å². The van der Waals surface area contributed by atoms with Gasteiger partial charge in [0.25, 0.3) is 0 Å². The van der Waals surface area contributed by atoms with E-state index in [4.69, 9.17) is 28.8 Å². The summed E-state index contributed by atoms with van der Waals surface area (Å²) in [7, 11) is -3.00. The van der Waals surface area contributed by atoms with Gasteiger partial charge in [-0.3, -0.25) is 0 Å². The maximum Gasteiger partial charge on any atom is 0.227 e. The highest BCUT2D eigenvalue weighted by Crippen LogP contribution is 2.35. The Morgan fingerprint density at radius 3 is 1.56 bits per heavy atom. The summed E-state index contributed by atoms with van der Waals surface area (Å²) in [6.07, 6.45) is 0. The summed E-state index contributed by atoms with van der Waals surface area (Å²) >= 11 is 0. The van der Waals surface area contributed by atoms with Gasteiger partial charge in [-0.15, -0.1) is 0 Å². The second kappa shape index (κ2) is 15.0. The first kappa shape index (κ1) is 36.6. The topological polar surface area (TPSA) is 77.8 Å². The average molecular weight is 825 g/mol. The van der Waals surface area contributed by atoms with Crippen LogP contribution >= 0.6 is 0 Å². The van der Waals surface area contributed by atoms with Gasteiger partial charge in [-0.2, -0.15) is 0 Å². The van der Waals surface area contributed by atoms with E-state index in [1.807, 2.05) is 66.7 Å². The minimum atomic E-state index is -3.00. The van der Waals surface area contributed by atoms with Crippen LogP contribution in [0.15, 0.2) is 227 Å². The summed E-state index contributed by atoms with van der Waals surface area (Å²) in [6.45, 7) is 0. The second-order valence-electron chi connectivity index (χ2n) is 15.7. The third-order valence-electron chi connectivity index (χ3n) is 12.1. The van der Waals surface area contributed by atoms with Gasteiger partial charge in [0.1, 0.15) is 16.7 Å². The average Bonchev–Trinajstić information content (AvgIpc) is 3.98. The molecule has 0 aliphatic heterocycles. The van der Waals surface area contributed by atoms with E-state index in [1.54, 1.807) is 0 Å². The molecule has 0 spiro atoms. The van der Waals surface area contributed by atoms with Gasteiger partial charge < -0.3 is 8.83 Å². The predicted octanol–water partition coefficient (Wildman–Crippen LogP) is 11.1. The van der Waals surface area contributed by atoms with E-state index in [2.05, 4.69) is 152 Å². The highest BCUT2D eigenvalue weighted by Gasteiger charge is 2.43. The molecule has 0 unspecified atom stereocenters. The molecule has 6 nitrogen and oxygen atoms in total. The van der Waals surface area contributed by atoms with Crippen molar-refractivity contribution in [3.63, 3.8) is 0 Å². The standard InChI is InChI=1S/C56H36N4O2Si/c1-5-17-38(18-6-1)56-57-48-33-31-37-29-30-39(35-46(37)52(48)62-56)53-58-54(40-32-34-50-47(36-40)44-25-13-15-27-49(44)61-50)60-55(59-53)45-26-14-16-28-51(45)63(41-19-7-2-8-20-41,42-21-9-3-10-22-42)43-23-11-4-12-24-43/h1-36H. The van der Waals surface area contributed by atoms with E-state index < -0.39 is 8.07 Å². The molecule has 0 N–H and O–H groups in total. The number of para-hydroxylation sites is 1. The third-order valence-corrected chi connectivity index (χ3v) is 17.0. The van der Waals surface area contributed by atoms with Gasteiger partial charge in [0.2, 0.25) is 5.89 Å². The molecule has 0 amide bonds. The minimum absolute atomic E-state index is 0.551. The molecule has 12 aromatic rings. The number of rotatable bonds is 8. The highest BCUT2D eigenvalue weighted by atomic mass is 28.3. The van der Waals surface area contributed by atoms with Crippen LogP contribution in [0.3, 0.4) is 0 Å². The van der Waals surface area contributed by atoms with Gasteiger partial charge >= 0.3 is 0 Å². The molecular weight excluding hydrogens is 789 g/mol. The number of benzene rings is 9. The van der Waals surface area contributed by atoms with E-state index in [1.165, 1.54) is 20.7 Å². The maximum absolute atomic E-state index is 6.52. The molecule has 12 rings (SSSR count). The van der Waals surface area contributed by atoms with Crippen LogP contribution in [-0.4, -0.2) is 28.0 Å². The Labute approximate surface area is 363 Å². The van der Waals surface area contributed by atoms with Crippen LogP contribution in [0, 0.1) is 0 Å². The lowest BCUT2D eigenvalue weighted by molar-refractivity contribution is 0.623. The quantitative estimate of drug-likeness (QED) is 0.112. The summed E-state index contributed by atoms with van der Waals surface area (Å²) < 4.78 is 12.8. The summed E-state index contributed by atoms with van der Waals surface area (Å²) in [6, 6.07) is 76.2. The monoisotopic (exact) mass is 824 g/mol. The fraction of sp³-hybridized carbons (Fsp3) is 0. The van der Waals surface area contributed by atoms with Crippen molar-refractivity contribution >= 4 is 72.6 Å². The van der Waals surface area contributed by atoms with Crippen molar-refractivity contribution in [3.8, 4) is 45.6 Å². The summed E-state index contributed by atoms with van der Waals surface area (Å²) in [5.41, 5.74) is 6.72. The molecular formula is C56H36N4O2Si. The zero-order chi connectivity index (χ0) is 41.7.